The first-order valence-electron chi connectivity index (χ1n) is 8.76. The van der Waals surface area contributed by atoms with Gasteiger partial charge in [-0.1, -0.05) is 11.6 Å². The van der Waals surface area contributed by atoms with Crippen molar-refractivity contribution in [2.24, 2.45) is 0 Å². The zero-order valence-corrected chi connectivity index (χ0v) is 15.8. The van der Waals surface area contributed by atoms with Gasteiger partial charge < -0.3 is 25.4 Å². The summed E-state index contributed by atoms with van der Waals surface area (Å²) in [5.41, 5.74) is 0.249. The maximum absolute atomic E-state index is 9.67. The number of nitrogens with one attached hydrogen (secondary N) is 4. The molecule has 27 heavy (non-hydrogen) atoms. The van der Waals surface area contributed by atoms with E-state index in [-0.39, 0.29) is 11.8 Å². The zero-order valence-electron chi connectivity index (χ0n) is 15.1. The molecule has 10 heteroatoms. The SMILES string of the molecule is C/C(NC1(C#N)CCOCC1)=C1\Nc2ncc(Cl)c(n2)NCCCOC1=N. The standard InChI is InChI=1S/C17H22ClN7O2/c1-11(25-17(10-19)3-7-26-8-4-17)13-14(20)27-6-2-5-21-15-12(18)9-22-16(23-13)24-15/h9,20,25H,2-8H2,1H3,(H2,21,22,23,24)/b13-11+,20-14?. The molecule has 0 amide bonds. The van der Waals surface area contributed by atoms with Crippen LogP contribution in [0.3, 0.4) is 0 Å². The molecule has 1 saturated heterocycles. The summed E-state index contributed by atoms with van der Waals surface area (Å²) in [4.78, 5) is 8.53. The van der Waals surface area contributed by atoms with Crippen LogP contribution in [-0.2, 0) is 9.47 Å². The number of halogens is 1. The van der Waals surface area contributed by atoms with Crippen LogP contribution in [0.4, 0.5) is 11.8 Å². The Labute approximate surface area is 162 Å². The molecule has 0 spiro atoms. The topological polar surface area (TPSA) is 128 Å². The van der Waals surface area contributed by atoms with Gasteiger partial charge in [-0.3, -0.25) is 5.41 Å². The highest BCUT2D eigenvalue weighted by Crippen LogP contribution is 2.24. The van der Waals surface area contributed by atoms with Gasteiger partial charge in [-0.15, -0.1) is 0 Å². The van der Waals surface area contributed by atoms with Gasteiger partial charge in [-0.25, -0.2) is 4.98 Å². The lowest BCUT2D eigenvalue weighted by Crippen LogP contribution is -2.48. The van der Waals surface area contributed by atoms with E-state index in [0.29, 0.717) is 67.9 Å². The van der Waals surface area contributed by atoms with Crippen molar-refractivity contribution in [3.05, 3.63) is 22.6 Å². The second-order valence-electron chi connectivity index (χ2n) is 6.40. The molecule has 4 N–H and O–H groups in total. The van der Waals surface area contributed by atoms with Gasteiger partial charge in [0.25, 0.3) is 0 Å². The van der Waals surface area contributed by atoms with E-state index in [0.717, 1.165) is 0 Å². The van der Waals surface area contributed by atoms with Crippen LogP contribution in [0.1, 0.15) is 26.2 Å². The molecular weight excluding hydrogens is 370 g/mol. The molecule has 0 unspecified atom stereocenters. The number of rotatable bonds is 2. The van der Waals surface area contributed by atoms with Gasteiger partial charge >= 0.3 is 0 Å². The highest BCUT2D eigenvalue weighted by Gasteiger charge is 2.33. The van der Waals surface area contributed by atoms with Crippen molar-refractivity contribution in [1.82, 2.24) is 15.3 Å². The molecule has 0 aliphatic carbocycles. The van der Waals surface area contributed by atoms with Gasteiger partial charge in [0.2, 0.25) is 11.8 Å². The number of fused-ring (bicyclic) bond motifs is 2. The average Bonchev–Trinajstić information content (AvgIpc) is 2.70. The van der Waals surface area contributed by atoms with E-state index in [1.165, 1.54) is 6.20 Å². The molecule has 0 aromatic carbocycles. The number of hydrogen-bond acceptors (Lipinski definition) is 9. The summed E-state index contributed by atoms with van der Waals surface area (Å²) in [6.07, 6.45) is 3.30. The van der Waals surface area contributed by atoms with E-state index in [1.807, 2.05) is 0 Å². The van der Waals surface area contributed by atoms with Gasteiger partial charge in [-0.2, -0.15) is 10.2 Å². The van der Waals surface area contributed by atoms with Crippen molar-refractivity contribution in [2.75, 3.05) is 37.0 Å². The molecule has 1 fully saturated rings. The van der Waals surface area contributed by atoms with Crippen LogP contribution in [0.25, 0.3) is 0 Å². The van der Waals surface area contributed by atoms with Crippen LogP contribution < -0.4 is 16.0 Å². The number of ether oxygens (including phenoxy) is 2. The lowest BCUT2D eigenvalue weighted by Gasteiger charge is -2.33. The second kappa shape index (κ2) is 8.41. The lowest BCUT2D eigenvalue weighted by molar-refractivity contribution is 0.0612. The predicted molar refractivity (Wildman–Crippen MR) is 102 cm³/mol. The van der Waals surface area contributed by atoms with Gasteiger partial charge in [0.15, 0.2) is 5.82 Å². The minimum absolute atomic E-state index is 0.0397. The summed E-state index contributed by atoms with van der Waals surface area (Å²) < 4.78 is 10.9. The molecule has 0 radical (unpaired) electrons. The van der Waals surface area contributed by atoms with Gasteiger partial charge in [-0.05, 0) is 13.3 Å². The Morgan fingerprint density at radius 2 is 2.19 bits per heavy atom. The van der Waals surface area contributed by atoms with Crippen LogP contribution in [0.15, 0.2) is 17.6 Å². The lowest BCUT2D eigenvalue weighted by atomic mass is 9.91. The molecule has 9 nitrogen and oxygen atoms in total. The third kappa shape index (κ3) is 4.59. The number of nitriles is 1. The van der Waals surface area contributed by atoms with Crippen LogP contribution in [0, 0.1) is 16.7 Å². The summed E-state index contributed by atoms with van der Waals surface area (Å²) in [5.74, 6) is 0.763. The number of allylic oxidation sites excluding steroid dienone is 1. The molecule has 2 aliphatic rings. The molecule has 3 heterocycles. The monoisotopic (exact) mass is 391 g/mol. The minimum Gasteiger partial charge on any atom is -0.476 e. The number of anilines is 2. The van der Waals surface area contributed by atoms with Gasteiger partial charge in [0, 0.05) is 38.3 Å². The van der Waals surface area contributed by atoms with Crippen LogP contribution in [0.2, 0.25) is 5.02 Å². The van der Waals surface area contributed by atoms with E-state index in [9.17, 15) is 5.26 Å². The molecule has 144 valence electrons. The maximum Gasteiger partial charge on any atom is 0.232 e. The Balaban J connectivity index is 1.92. The third-order valence-electron chi connectivity index (χ3n) is 4.43. The summed E-state index contributed by atoms with van der Waals surface area (Å²) >= 11 is 6.12. The number of aromatic nitrogens is 2. The molecule has 1 aromatic heterocycles. The summed E-state index contributed by atoms with van der Waals surface area (Å²) in [6.45, 7) is 3.79. The van der Waals surface area contributed by atoms with E-state index in [2.05, 4.69) is 32.0 Å². The fourth-order valence-corrected chi connectivity index (χ4v) is 3.07. The van der Waals surface area contributed by atoms with E-state index >= 15 is 0 Å². The molecule has 3 rings (SSSR count). The minimum atomic E-state index is -0.739. The zero-order chi connectivity index (χ0) is 19.3. The summed E-state index contributed by atoms with van der Waals surface area (Å²) in [5, 5.41) is 27.8. The number of nitrogens with zero attached hydrogens (tertiary/aromatic N) is 3. The van der Waals surface area contributed by atoms with Crippen LogP contribution in [-0.4, -0.2) is 47.8 Å². The van der Waals surface area contributed by atoms with Crippen molar-refractivity contribution in [3.63, 3.8) is 0 Å². The smallest absolute Gasteiger partial charge is 0.232 e. The van der Waals surface area contributed by atoms with Gasteiger partial charge in [0.1, 0.15) is 16.3 Å². The predicted octanol–water partition coefficient (Wildman–Crippen LogP) is 2.25. The molecule has 0 atom stereocenters. The molecule has 0 saturated carbocycles. The third-order valence-corrected chi connectivity index (χ3v) is 4.71. The van der Waals surface area contributed by atoms with Crippen molar-refractivity contribution >= 4 is 29.3 Å². The fourth-order valence-electron chi connectivity index (χ4n) is 2.92. The molecule has 2 aliphatic heterocycles. The Morgan fingerprint density at radius 1 is 1.41 bits per heavy atom. The highest BCUT2D eigenvalue weighted by atomic mass is 35.5. The Bertz CT molecular complexity index is 784. The van der Waals surface area contributed by atoms with E-state index in [4.69, 9.17) is 26.5 Å². The van der Waals surface area contributed by atoms with Crippen molar-refractivity contribution in [3.8, 4) is 6.07 Å². The molecule has 2 bridgehead atoms. The number of hydrogen-bond donors (Lipinski definition) is 4. The normalized spacial score (nSPS) is 21.4. The summed E-state index contributed by atoms with van der Waals surface area (Å²) in [7, 11) is 0. The summed E-state index contributed by atoms with van der Waals surface area (Å²) in [6, 6.07) is 2.35. The van der Waals surface area contributed by atoms with Gasteiger partial charge in [0.05, 0.1) is 18.9 Å². The second-order valence-corrected chi connectivity index (χ2v) is 6.81. The van der Waals surface area contributed by atoms with E-state index < -0.39 is 5.54 Å². The Kier molecular flexibility index (Phi) is 5.98. The first-order valence-corrected chi connectivity index (χ1v) is 9.14. The highest BCUT2D eigenvalue weighted by molar-refractivity contribution is 6.32. The first kappa shape index (κ1) is 19.2. The van der Waals surface area contributed by atoms with Crippen molar-refractivity contribution < 1.29 is 9.47 Å². The fraction of sp³-hybridized carbons (Fsp3) is 0.529. The Hall–Kier alpha value is -2.57. The largest absolute Gasteiger partial charge is 0.476 e. The van der Waals surface area contributed by atoms with Crippen molar-refractivity contribution in [2.45, 2.75) is 31.7 Å². The Morgan fingerprint density at radius 3 is 2.93 bits per heavy atom. The van der Waals surface area contributed by atoms with E-state index in [1.54, 1.807) is 6.92 Å². The average molecular weight is 392 g/mol. The van der Waals surface area contributed by atoms with Crippen molar-refractivity contribution in [1.29, 1.82) is 10.7 Å². The van der Waals surface area contributed by atoms with Crippen LogP contribution in [0.5, 0.6) is 0 Å². The maximum atomic E-state index is 9.67. The quantitative estimate of drug-likeness (QED) is 0.604. The molecule has 1 aromatic rings. The first-order chi connectivity index (χ1) is 13.0. The van der Waals surface area contributed by atoms with Crippen LogP contribution >= 0.6 is 11.6 Å². The molecular formula is C17H22ClN7O2.